The fourth-order valence-corrected chi connectivity index (χ4v) is 2.54. The summed E-state index contributed by atoms with van der Waals surface area (Å²) < 4.78 is 13.9. The van der Waals surface area contributed by atoms with E-state index < -0.39 is 5.82 Å². The number of carbonyl (C=O) groups excluding carboxylic acids is 1. The maximum atomic E-state index is 13.9. The number of nitrogens with zero attached hydrogens (tertiary/aromatic N) is 1. The van der Waals surface area contributed by atoms with E-state index in [-0.39, 0.29) is 30.7 Å². The summed E-state index contributed by atoms with van der Waals surface area (Å²) in [4.78, 5) is 13.9. The maximum absolute atomic E-state index is 13.9. The number of rotatable bonds is 5. The van der Waals surface area contributed by atoms with Gasteiger partial charge in [0.15, 0.2) is 0 Å². The van der Waals surface area contributed by atoms with Crippen molar-refractivity contribution in [2.45, 2.75) is 25.8 Å². The van der Waals surface area contributed by atoms with E-state index in [0.29, 0.717) is 6.54 Å². The molecule has 1 amide bonds. The average molecular weight is 280 g/mol. The van der Waals surface area contributed by atoms with Gasteiger partial charge < -0.3 is 15.3 Å². The van der Waals surface area contributed by atoms with Crippen LogP contribution in [0, 0.1) is 12.7 Å². The number of aliphatic hydroxyl groups is 1. The highest BCUT2D eigenvalue weighted by Gasteiger charge is 2.23. The third-order valence-electron chi connectivity index (χ3n) is 3.62. The molecule has 20 heavy (non-hydrogen) atoms. The van der Waals surface area contributed by atoms with E-state index in [9.17, 15) is 9.18 Å². The summed E-state index contributed by atoms with van der Waals surface area (Å²) in [5, 5.41) is 12.4. The molecular weight excluding hydrogens is 259 g/mol. The molecule has 1 unspecified atom stereocenters. The van der Waals surface area contributed by atoms with Gasteiger partial charge in [-0.1, -0.05) is 6.07 Å². The second kappa shape index (κ2) is 6.81. The van der Waals surface area contributed by atoms with Gasteiger partial charge in [-0.05, 0) is 44.0 Å². The van der Waals surface area contributed by atoms with Crippen LogP contribution in [0.15, 0.2) is 18.2 Å². The summed E-state index contributed by atoms with van der Waals surface area (Å²) in [6, 6.07) is 4.83. The molecule has 0 aliphatic carbocycles. The van der Waals surface area contributed by atoms with Gasteiger partial charge in [0.05, 0.1) is 12.2 Å². The lowest BCUT2D eigenvalue weighted by Gasteiger charge is -2.25. The number of carbonyl (C=O) groups is 1. The van der Waals surface area contributed by atoms with Crippen LogP contribution in [-0.4, -0.2) is 48.2 Å². The zero-order chi connectivity index (χ0) is 14.5. The van der Waals surface area contributed by atoms with E-state index in [2.05, 4.69) is 5.32 Å². The number of halogens is 1. The highest BCUT2D eigenvalue weighted by Crippen LogP contribution is 2.14. The summed E-state index contributed by atoms with van der Waals surface area (Å²) in [5.74, 6) is -0.859. The summed E-state index contributed by atoms with van der Waals surface area (Å²) in [5.41, 5.74) is 0.854. The van der Waals surface area contributed by atoms with Gasteiger partial charge in [0.25, 0.3) is 5.91 Å². The molecule has 110 valence electrons. The van der Waals surface area contributed by atoms with Crippen LogP contribution in [0.4, 0.5) is 4.39 Å². The molecule has 4 nitrogen and oxygen atoms in total. The summed E-state index contributed by atoms with van der Waals surface area (Å²) >= 11 is 0. The first-order valence-electron chi connectivity index (χ1n) is 7.01. The van der Waals surface area contributed by atoms with Crippen LogP contribution in [0.2, 0.25) is 0 Å². The van der Waals surface area contributed by atoms with Gasteiger partial charge in [-0.3, -0.25) is 4.79 Å². The minimum absolute atomic E-state index is 0.0713. The Hall–Kier alpha value is -1.46. The number of nitrogens with one attached hydrogen (secondary N) is 1. The molecule has 1 aromatic rings. The number of aryl methyl sites for hydroxylation is 1. The van der Waals surface area contributed by atoms with Gasteiger partial charge in [-0.25, -0.2) is 4.39 Å². The Labute approximate surface area is 118 Å². The molecule has 1 aliphatic heterocycles. The quantitative estimate of drug-likeness (QED) is 0.855. The molecule has 0 radical (unpaired) electrons. The van der Waals surface area contributed by atoms with Crippen LogP contribution in [0.1, 0.15) is 28.8 Å². The normalized spacial score (nSPS) is 18.2. The molecule has 1 fully saturated rings. The maximum Gasteiger partial charge on any atom is 0.256 e. The first-order chi connectivity index (χ1) is 9.61. The van der Waals surface area contributed by atoms with Crippen LogP contribution in [0.5, 0.6) is 0 Å². The van der Waals surface area contributed by atoms with Gasteiger partial charge >= 0.3 is 0 Å². The number of amides is 1. The lowest BCUT2D eigenvalue weighted by Crippen LogP contribution is -2.42. The minimum Gasteiger partial charge on any atom is -0.395 e. The van der Waals surface area contributed by atoms with E-state index >= 15 is 0 Å². The van der Waals surface area contributed by atoms with Crippen LogP contribution in [-0.2, 0) is 0 Å². The van der Waals surface area contributed by atoms with E-state index in [1.165, 1.54) is 17.0 Å². The second-order valence-electron chi connectivity index (χ2n) is 5.25. The smallest absolute Gasteiger partial charge is 0.256 e. The van der Waals surface area contributed by atoms with Crippen molar-refractivity contribution in [1.82, 2.24) is 10.2 Å². The molecule has 0 bridgehead atoms. The molecule has 2 N–H and O–H groups in total. The molecule has 1 aliphatic rings. The number of benzene rings is 1. The zero-order valence-corrected chi connectivity index (χ0v) is 11.7. The zero-order valence-electron chi connectivity index (χ0n) is 11.7. The fourth-order valence-electron chi connectivity index (χ4n) is 2.54. The van der Waals surface area contributed by atoms with Crippen molar-refractivity contribution < 1.29 is 14.3 Å². The van der Waals surface area contributed by atoms with E-state index in [1.54, 1.807) is 13.0 Å². The Morgan fingerprint density at radius 2 is 2.35 bits per heavy atom. The van der Waals surface area contributed by atoms with Crippen molar-refractivity contribution in [2.24, 2.45) is 0 Å². The molecular formula is C15H21FN2O2. The topological polar surface area (TPSA) is 52.6 Å². The SMILES string of the molecule is Cc1ccc(C(=O)N(CCO)CC2CCCN2)c(F)c1. The summed E-state index contributed by atoms with van der Waals surface area (Å²) in [7, 11) is 0. The predicted octanol–water partition coefficient (Wildman–Crippen LogP) is 1.32. The second-order valence-corrected chi connectivity index (χ2v) is 5.25. The van der Waals surface area contributed by atoms with Crippen LogP contribution < -0.4 is 5.32 Å². The van der Waals surface area contributed by atoms with Gasteiger partial charge in [0, 0.05) is 19.1 Å². The van der Waals surface area contributed by atoms with Crippen molar-refractivity contribution in [3.63, 3.8) is 0 Å². The van der Waals surface area contributed by atoms with Crippen molar-refractivity contribution in [1.29, 1.82) is 0 Å². The third-order valence-corrected chi connectivity index (χ3v) is 3.62. The number of hydrogen-bond donors (Lipinski definition) is 2. The molecule has 0 saturated carbocycles. The van der Waals surface area contributed by atoms with Gasteiger partial charge in [-0.15, -0.1) is 0 Å². The Morgan fingerprint density at radius 3 is 2.95 bits per heavy atom. The Kier molecular flexibility index (Phi) is 5.09. The third kappa shape index (κ3) is 3.55. The predicted molar refractivity (Wildman–Crippen MR) is 75.2 cm³/mol. The molecule has 1 saturated heterocycles. The molecule has 2 rings (SSSR count). The minimum atomic E-state index is -0.502. The lowest BCUT2D eigenvalue weighted by molar-refractivity contribution is 0.0702. The van der Waals surface area contributed by atoms with Crippen molar-refractivity contribution in [3.8, 4) is 0 Å². The number of hydrogen-bond acceptors (Lipinski definition) is 3. The van der Waals surface area contributed by atoms with E-state index in [1.807, 2.05) is 0 Å². The molecule has 0 aromatic heterocycles. The summed E-state index contributed by atoms with van der Waals surface area (Å²) in [6.45, 7) is 3.35. The largest absolute Gasteiger partial charge is 0.395 e. The lowest BCUT2D eigenvalue weighted by atomic mass is 10.1. The highest BCUT2D eigenvalue weighted by molar-refractivity contribution is 5.94. The monoisotopic (exact) mass is 280 g/mol. The highest BCUT2D eigenvalue weighted by atomic mass is 19.1. The Bertz CT molecular complexity index is 473. The van der Waals surface area contributed by atoms with Crippen LogP contribution in [0.3, 0.4) is 0 Å². The molecule has 1 atom stereocenters. The Balaban J connectivity index is 2.12. The van der Waals surface area contributed by atoms with E-state index in [0.717, 1.165) is 24.9 Å². The van der Waals surface area contributed by atoms with Gasteiger partial charge in [-0.2, -0.15) is 0 Å². The number of aliphatic hydroxyl groups excluding tert-OH is 1. The van der Waals surface area contributed by atoms with Gasteiger partial charge in [0.1, 0.15) is 5.82 Å². The molecule has 0 spiro atoms. The van der Waals surface area contributed by atoms with Crippen LogP contribution in [0.25, 0.3) is 0 Å². The van der Waals surface area contributed by atoms with Crippen molar-refractivity contribution in [2.75, 3.05) is 26.2 Å². The standard InChI is InChI=1S/C15H21FN2O2/c1-11-4-5-13(14(16)9-11)15(20)18(7-8-19)10-12-3-2-6-17-12/h4-5,9,12,17,19H,2-3,6-8,10H2,1H3. The van der Waals surface area contributed by atoms with Crippen LogP contribution >= 0.6 is 0 Å². The molecule has 1 aromatic carbocycles. The summed E-state index contributed by atoms with van der Waals surface area (Å²) in [6.07, 6.45) is 2.09. The Morgan fingerprint density at radius 1 is 1.55 bits per heavy atom. The molecule has 1 heterocycles. The fraction of sp³-hybridized carbons (Fsp3) is 0.533. The van der Waals surface area contributed by atoms with Gasteiger partial charge in [0.2, 0.25) is 0 Å². The van der Waals surface area contributed by atoms with Crippen molar-refractivity contribution in [3.05, 3.63) is 35.1 Å². The average Bonchev–Trinajstić information content (AvgIpc) is 2.90. The van der Waals surface area contributed by atoms with E-state index in [4.69, 9.17) is 5.11 Å². The first kappa shape index (κ1) is 14.9. The molecule has 5 heteroatoms. The van der Waals surface area contributed by atoms with Crippen molar-refractivity contribution >= 4 is 5.91 Å². The first-order valence-corrected chi connectivity index (χ1v) is 7.01.